The number of rotatable bonds is 8. The normalized spacial score (nSPS) is 11.1. The van der Waals surface area contributed by atoms with E-state index in [2.05, 4.69) is 10.0 Å². The number of sulfonamides is 1. The average molecular weight is 392 g/mol. The Morgan fingerprint density at radius 3 is 2.26 bits per heavy atom. The van der Waals surface area contributed by atoms with Gasteiger partial charge in [0, 0.05) is 18.7 Å². The van der Waals surface area contributed by atoms with Crippen molar-refractivity contribution in [2.45, 2.75) is 18.7 Å². The maximum Gasteiger partial charge on any atom is 0.251 e. The SMILES string of the molecule is COc1ccc(C(=O)NCCNS(=O)(=O)c2ccc(C)c(C)c2)cc1OC. The first kappa shape index (κ1) is 20.7. The highest BCUT2D eigenvalue weighted by molar-refractivity contribution is 7.89. The van der Waals surface area contributed by atoms with Crippen LogP contribution in [-0.2, 0) is 10.0 Å². The molecular weight excluding hydrogens is 368 g/mol. The molecule has 0 heterocycles. The molecule has 0 aliphatic rings. The van der Waals surface area contributed by atoms with Crippen molar-refractivity contribution in [2.24, 2.45) is 0 Å². The van der Waals surface area contributed by atoms with Gasteiger partial charge in [0.2, 0.25) is 10.0 Å². The molecule has 0 aliphatic heterocycles. The van der Waals surface area contributed by atoms with Gasteiger partial charge in [-0.3, -0.25) is 4.79 Å². The highest BCUT2D eigenvalue weighted by Gasteiger charge is 2.15. The van der Waals surface area contributed by atoms with Crippen molar-refractivity contribution >= 4 is 15.9 Å². The van der Waals surface area contributed by atoms with Crippen molar-refractivity contribution < 1.29 is 22.7 Å². The lowest BCUT2D eigenvalue weighted by Crippen LogP contribution is -2.34. The van der Waals surface area contributed by atoms with Gasteiger partial charge in [0.05, 0.1) is 19.1 Å². The monoisotopic (exact) mass is 392 g/mol. The molecule has 2 N–H and O–H groups in total. The van der Waals surface area contributed by atoms with Crippen LogP contribution in [0.2, 0.25) is 0 Å². The van der Waals surface area contributed by atoms with Crippen molar-refractivity contribution in [3.05, 3.63) is 53.1 Å². The Balaban J connectivity index is 1.92. The standard InChI is InChI=1S/C19H24N2O5S/c1-13-5-7-16(11-14(13)2)27(23,24)21-10-9-20-19(22)15-6-8-17(25-3)18(12-15)26-4/h5-8,11-12,21H,9-10H2,1-4H3,(H,20,22). The summed E-state index contributed by atoms with van der Waals surface area (Å²) in [6.07, 6.45) is 0. The molecule has 1 amide bonds. The third kappa shape index (κ3) is 5.21. The van der Waals surface area contributed by atoms with Crippen LogP contribution in [0.4, 0.5) is 0 Å². The topological polar surface area (TPSA) is 93.7 Å². The average Bonchev–Trinajstić information content (AvgIpc) is 2.66. The van der Waals surface area contributed by atoms with E-state index in [9.17, 15) is 13.2 Å². The van der Waals surface area contributed by atoms with E-state index in [1.165, 1.54) is 14.2 Å². The highest BCUT2D eigenvalue weighted by atomic mass is 32.2. The van der Waals surface area contributed by atoms with Gasteiger partial charge in [-0.1, -0.05) is 6.07 Å². The van der Waals surface area contributed by atoms with Gasteiger partial charge >= 0.3 is 0 Å². The van der Waals surface area contributed by atoms with Crippen molar-refractivity contribution in [3.63, 3.8) is 0 Å². The van der Waals surface area contributed by atoms with E-state index in [0.29, 0.717) is 17.1 Å². The maximum atomic E-state index is 12.3. The second kappa shape index (κ2) is 8.88. The smallest absolute Gasteiger partial charge is 0.251 e. The molecule has 0 radical (unpaired) electrons. The van der Waals surface area contributed by atoms with Gasteiger partial charge in [0.25, 0.3) is 5.91 Å². The van der Waals surface area contributed by atoms with Gasteiger partial charge in [-0.2, -0.15) is 0 Å². The molecule has 7 nitrogen and oxygen atoms in total. The molecule has 0 aliphatic carbocycles. The van der Waals surface area contributed by atoms with Crippen LogP contribution in [0.1, 0.15) is 21.5 Å². The number of hydrogen-bond donors (Lipinski definition) is 2. The Bertz CT molecular complexity index is 926. The molecule has 0 spiro atoms. The van der Waals surface area contributed by atoms with Crippen LogP contribution in [0.15, 0.2) is 41.3 Å². The fourth-order valence-corrected chi connectivity index (χ4v) is 3.52. The Morgan fingerprint density at radius 1 is 0.926 bits per heavy atom. The minimum absolute atomic E-state index is 0.0777. The number of ether oxygens (including phenoxy) is 2. The molecule has 146 valence electrons. The van der Waals surface area contributed by atoms with Gasteiger partial charge in [-0.05, 0) is 55.3 Å². The zero-order valence-electron chi connectivity index (χ0n) is 15.8. The summed E-state index contributed by atoms with van der Waals surface area (Å²) < 4.78 is 37.4. The van der Waals surface area contributed by atoms with Crippen molar-refractivity contribution in [3.8, 4) is 11.5 Å². The predicted octanol–water partition coefficient (Wildman–Crippen LogP) is 2.03. The Kier molecular flexibility index (Phi) is 6.81. The van der Waals surface area contributed by atoms with E-state index < -0.39 is 10.0 Å². The zero-order valence-corrected chi connectivity index (χ0v) is 16.6. The molecule has 0 saturated carbocycles. The van der Waals surface area contributed by atoms with Gasteiger partial charge in [0.15, 0.2) is 11.5 Å². The number of benzene rings is 2. The molecule has 2 aromatic carbocycles. The van der Waals surface area contributed by atoms with Gasteiger partial charge < -0.3 is 14.8 Å². The Morgan fingerprint density at radius 2 is 1.63 bits per heavy atom. The number of amides is 1. The summed E-state index contributed by atoms with van der Waals surface area (Å²) in [4.78, 5) is 12.4. The molecule has 8 heteroatoms. The van der Waals surface area contributed by atoms with Crippen LogP contribution in [0, 0.1) is 13.8 Å². The van der Waals surface area contributed by atoms with Crippen LogP contribution in [0.3, 0.4) is 0 Å². The van der Waals surface area contributed by atoms with Crippen LogP contribution < -0.4 is 19.5 Å². The van der Waals surface area contributed by atoms with Gasteiger partial charge in [-0.15, -0.1) is 0 Å². The van der Waals surface area contributed by atoms with Crippen molar-refractivity contribution in [1.82, 2.24) is 10.0 Å². The Hall–Kier alpha value is -2.58. The second-order valence-electron chi connectivity index (χ2n) is 5.97. The predicted molar refractivity (Wildman–Crippen MR) is 103 cm³/mol. The summed E-state index contributed by atoms with van der Waals surface area (Å²) >= 11 is 0. The number of nitrogens with one attached hydrogen (secondary N) is 2. The molecule has 0 saturated heterocycles. The summed E-state index contributed by atoms with van der Waals surface area (Å²) in [6.45, 7) is 4.01. The molecule has 2 aromatic rings. The fraction of sp³-hybridized carbons (Fsp3) is 0.316. The van der Waals surface area contributed by atoms with E-state index in [0.717, 1.165) is 11.1 Å². The molecule has 0 fully saturated rings. The number of carbonyl (C=O) groups excluding carboxylic acids is 1. The van der Waals surface area contributed by atoms with Crippen LogP contribution in [0.5, 0.6) is 11.5 Å². The van der Waals surface area contributed by atoms with E-state index >= 15 is 0 Å². The largest absolute Gasteiger partial charge is 0.493 e. The van der Waals surface area contributed by atoms with E-state index in [1.807, 2.05) is 13.8 Å². The van der Waals surface area contributed by atoms with Crippen LogP contribution in [-0.4, -0.2) is 41.6 Å². The quantitative estimate of drug-likeness (QED) is 0.671. The first-order chi connectivity index (χ1) is 12.8. The molecule has 0 bridgehead atoms. The molecule has 27 heavy (non-hydrogen) atoms. The minimum Gasteiger partial charge on any atom is -0.493 e. The Labute approximate surface area is 159 Å². The first-order valence-electron chi connectivity index (χ1n) is 8.35. The number of methoxy groups -OCH3 is 2. The third-order valence-electron chi connectivity index (χ3n) is 4.14. The number of aryl methyl sites for hydroxylation is 2. The maximum absolute atomic E-state index is 12.3. The molecule has 0 aromatic heterocycles. The van der Waals surface area contributed by atoms with E-state index in [1.54, 1.807) is 36.4 Å². The molecule has 0 atom stereocenters. The number of hydrogen-bond acceptors (Lipinski definition) is 5. The summed E-state index contributed by atoms with van der Waals surface area (Å²) in [6, 6.07) is 9.76. The second-order valence-corrected chi connectivity index (χ2v) is 7.74. The molecule has 2 rings (SSSR count). The molecule has 0 unspecified atom stereocenters. The van der Waals surface area contributed by atoms with E-state index in [4.69, 9.17) is 9.47 Å². The third-order valence-corrected chi connectivity index (χ3v) is 5.60. The summed E-state index contributed by atoms with van der Waals surface area (Å²) in [5, 5.41) is 2.67. The minimum atomic E-state index is -3.62. The number of carbonyl (C=O) groups is 1. The van der Waals surface area contributed by atoms with Crippen molar-refractivity contribution in [1.29, 1.82) is 0 Å². The van der Waals surface area contributed by atoms with Crippen molar-refractivity contribution in [2.75, 3.05) is 27.3 Å². The lowest BCUT2D eigenvalue weighted by molar-refractivity contribution is 0.0954. The zero-order chi connectivity index (χ0) is 20.0. The van der Waals surface area contributed by atoms with Crippen LogP contribution in [0.25, 0.3) is 0 Å². The van der Waals surface area contributed by atoms with E-state index in [-0.39, 0.29) is 23.9 Å². The van der Waals surface area contributed by atoms with Gasteiger partial charge in [0.1, 0.15) is 0 Å². The lowest BCUT2D eigenvalue weighted by Gasteiger charge is -2.11. The lowest BCUT2D eigenvalue weighted by atomic mass is 10.1. The first-order valence-corrected chi connectivity index (χ1v) is 9.84. The highest BCUT2D eigenvalue weighted by Crippen LogP contribution is 2.27. The summed E-state index contributed by atoms with van der Waals surface area (Å²) in [5.74, 6) is 0.636. The molecular formula is C19H24N2O5S. The summed E-state index contributed by atoms with van der Waals surface area (Å²) in [5.41, 5.74) is 2.32. The van der Waals surface area contributed by atoms with Crippen LogP contribution >= 0.6 is 0 Å². The van der Waals surface area contributed by atoms with Gasteiger partial charge in [-0.25, -0.2) is 13.1 Å². The fourth-order valence-electron chi connectivity index (χ4n) is 2.41. The summed E-state index contributed by atoms with van der Waals surface area (Å²) in [7, 11) is -0.619.